The first-order valence-electron chi connectivity index (χ1n) is 5.81. The third kappa shape index (κ3) is 2.34. The van der Waals surface area contributed by atoms with Gasteiger partial charge in [0.15, 0.2) is 0 Å². The second kappa shape index (κ2) is 5.42. The van der Waals surface area contributed by atoms with Gasteiger partial charge in [-0.25, -0.2) is 4.79 Å². The van der Waals surface area contributed by atoms with Crippen LogP contribution in [0.1, 0.15) is 22.8 Å². The second-order valence-corrected chi connectivity index (χ2v) is 4.38. The summed E-state index contributed by atoms with van der Waals surface area (Å²) in [5.74, 6) is 5.04. The van der Waals surface area contributed by atoms with Crippen molar-refractivity contribution in [3.05, 3.63) is 34.5 Å². The number of carbonyl (C=O) groups excluding carboxylic acids is 1. The number of hydrazine groups is 1. The summed E-state index contributed by atoms with van der Waals surface area (Å²) in [6.07, 6.45) is 1.42. The fourth-order valence-electron chi connectivity index (χ4n) is 1.85. The minimum absolute atomic E-state index is 0.287. The molecule has 0 fully saturated rings. The predicted octanol–water partition coefficient (Wildman–Crippen LogP) is 2.66. The number of esters is 1. The molecule has 1 aromatic carbocycles. The molecular formula is C13H14ClN3O2. The molecule has 0 saturated carbocycles. The van der Waals surface area contributed by atoms with Gasteiger partial charge in [-0.15, -0.1) is 0 Å². The molecule has 19 heavy (non-hydrogen) atoms. The van der Waals surface area contributed by atoms with Crippen LogP contribution in [0.2, 0.25) is 5.02 Å². The largest absolute Gasteiger partial charge is 0.462 e. The minimum atomic E-state index is -0.471. The summed E-state index contributed by atoms with van der Waals surface area (Å²) in [5, 5.41) is 1.23. The average Bonchev–Trinajstić information content (AvgIpc) is 2.41. The molecule has 2 rings (SSSR count). The number of carbonyl (C=O) groups is 1. The molecule has 0 amide bonds. The molecule has 0 radical (unpaired) electrons. The Balaban J connectivity index is 2.70. The van der Waals surface area contributed by atoms with Crippen LogP contribution in [0.25, 0.3) is 10.9 Å². The summed E-state index contributed by atoms with van der Waals surface area (Å²) >= 11 is 6.20. The van der Waals surface area contributed by atoms with Crippen LogP contribution < -0.4 is 11.3 Å². The molecule has 100 valence electrons. The number of benzene rings is 1. The van der Waals surface area contributed by atoms with E-state index >= 15 is 0 Å². The van der Waals surface area contributed by atoms with Crippen LogP contribution in [0.5, 0.6) is 0 Å². The number of aromatic nitrogens is 1. The number of nitrogens with two attached hydrogens (primary N) is 1. The van der Waals surface area contributed by atoms with Gasteiger partial charge >= 0.3 is 5.97 Å². The number of nitrogens with one attached hydrogen (secondary N) is 1. The standard InChI is InChI=1S/C13H14ClN3O2/c1-3-19-13(18)9-6-16-12-8(11(9)17-15)5-4-7(2)10(12)14/h4-6H,3,15H2,1-2H3,(H,16,17). The number of hydrogen-bond acceptors (Lipinski definition) is 5. The topological polar surface area (TPSA) is 77.2 Å². The minimum Gasteiger partial charge on any atom is -0.462 e. The van der Waals surface area contributed by atoms with Crippen molar-refractivity contribution in [3.8, 4) is 0 Å². The zero-order valence-corrected chi connectivity index (χ0v) is 11.4. The molecule has 0 bridgehead atoms. The van der Waals surface area contributed by atoms with Crippen molar-refractivity contribution in [2.75, 3.05) is 12.0 Å². The van der Waals surface area contributed by atoms with Crippen molar-refractivity contribution in [2.24, 2.45) is 5.84 Å². The molecule has 0 spiro atoms. The number of anilines is 1. The van der Waals surface area contributed by atoms with Crippen LogP contribution >= 0.6 is 11.6 Å². The fourth-order valence-corrected chi connectivity index (χ4v) is 2.06. The molecule has 0 aliphatic rings. The van der Waals surface area contributed by atoms with Gasteiger partial charge in [0, 0.05) is 11.6 Å². The maximum Gasteiger partial charge on any atom is 0.341 e. The van der Waals surface area contributed by atoms with Crippen molar-refractivity contribution < 1.29 is 9.53 Å². The highest BCUT2D eigenvalue weighted by atomic mass is 35.5. The summed E-state index contributed by atoms with van der Waals surface area (Å²) in [6, 6.07) is 3.67. The molecule has 5 nitrogen and oxygen atoms in total. The third-order valence-corrected chi connectivity index (χ3v) is 3.29. The third-order valence-electron chi connectivity index (χ3n) is 2.81. The molecule has 2 aromatic rings. The highest BCUT2D eigenvalue weighted by Crippen LogP contribution is 2.31. The summed E-state index contributed by atoms with van der Waals surface area (Å²) in [7, 11) is 0. The molecule has 0 atom stereocenters. The molecule has 0 saturated heterocycles. The first-order chi connectivity index (χ1) is 9.10. The Kier molecular flexibility index (Phi) is 3.87. The van der Waals surface area contributed by atoms with Crippen LogP contribution in [-0.4, -0.2) is 17.6 Å². The van der Waals surface area contributed by atoms with Crippen molar-refractivity contribution in [3.63, 3.8) is 0 Å². The lowest BCUT2D eigenvalue weighted by Gasteiger charge is -2.12. The molecule has 0 aliphatic carbocycles. The van der Waals surface area contributed by atoms with Gasteiger partial charge in [-0.3, -0.25) is 10.8 Å². The lowest BCUT2D eigenvalue weighted by Crippen LogP contribution is -2.15. The highest BCUT2D eigenvalue weighted by Gasteiger charge is 2.17. The van der Waals surface area contributed by atoms with Crippen LogP contribution in [0.3, 0.4) is 0 Å². The zero-order chi connectivity index (χ0) is 14.0. The summed E-state index contributed by atoms with van der Waals surface area (Å²) in [5.41, 5.74) is 4.79. The van der Waals surface area contributed by atoms with Gasteiger partial charge in [-0.05, 0) is 19.4 Å². The van der Waals surface area contributed by atoms with E-state index in [2.05, 4.69) is 10.4 Å². The average molecular weight is 280 g/mol. The number of ether oxygens (including phenoxy) is 1. The Hall–Kier alpha value is -1.85. The molecule has 3 N–H and O–H groups in total. The predicted molar refractivity (Wildman–Crippen MR) is 75.3 cm³/mol. The van der Waals surface area contributed by atoms with Crippen LogP contribution in [0.15, 0.2) is 18.3 Å². The van der Waals surface area contributed by atoms with Crippen molar-refractivity contribution >= 4 is 34.2 Å². The maximum atomic E-state index is 11.8. The van der Waals surface area contributed by atoms with Crippen LogP contribution in [-0.2, 0) is 4.74 Å². The molecule has 1 aromatic heterocycles. The van der Waals surface area contributed by atoms with E-state index in [1.807, 2.05) is 19.1 Å². The first-order valence-corrected chi connectivity index (χ1v) is 6.19. The van der Waals surface area contributed by atoms with E-state index in [1.54, 1.807) is 6.92 Å². The van der Waals surface area contributed by atoms with Crippen molar-refractivity contribution in [1.82, 2.24) is 4.98 Å². The van der Waals surface area contributed by atoms with E-state index in [4.69, 9.17) is 22.2 Å². The van der Waals surface area contributed by atoms with E-state index in [-0.39, 0.29) is 12.2 Å². The quantitative estimate of drug-likeness (QED) is 0.513. The van der Waals surface area contributed by atoms with Crippen LogP contribution in [0.4, 0.5) is 5.69 Å². The number of nitrogen functional groups attached to an aromatic ring is 1. The van der Waals surface area contributed by atoms with Crippen molar-refractivity contribution in [2.45, 2.75) is 13.8 Å². The van der Waals surface area contributed by atoms with Gasteiger partial charge in [0.1, 0.15) is 5.56 Å². The van der Waals surface area contributed by atoms with Gasteiger partial charge in [0.2, 0.25) is 0 Å². The number of nitrogens with zero attached hydrogens (tertiary/aromatic N) is 1. The number of pyridine rings is 1. The maximum absolute atomic E-state index is 11.8. The smallest absolute Gasteiger partial charge is 0.341 e. The molecule has 6 heteroatoms. The Morgan fingerprint density at radius 3 is 2.89 bits per heavy atom. The number of hydrogen-bond donors (Lipinski definition) is 2. The molecular weight excluding hydrogens is 266 g/mol. The SMILES string of the molecule is CCOC(=O)c1cnc2c(Cl)c(C)ccc2c1NN. The first kappa shape index (κ1) is 13.6. The zero-order valence-electron chi connectivity index (χ0n) is 10.7. The van der Waals surface area contributed by atoms with E-state index in [1.165, 1.54) is 6.20 Å². The van der Waals surface area contributed by atoms with E-state index < -0.39 is 5.97 Å². The summed E-state index contributed by atoms with van der Waals surface area (Å²) in [6.45, 7) is 3.91. The Morgan fingerprint density at radius 1 is 1.53 bits per heavy atom. The fraction of sp³-hybridized carbons (Fsp3) is 0.231. The van der Waals surface area contributed by atoms with Gasteiger partial charge in [0.25, 0.3) is 0 Å². The lowest BCUT2D eigenvalue weighted by atomic mass is 10.1. The highest BCUT2D eigenvalue weighted by molar-refractivity contribution is 6.36. The Labute approximate surface area is 115 Å². The number of rotatable bonds is 3. The Bertz CT molecular complexity index is 643. The summed E-state index contributed by atoms with van der Waals surface area (Å²) < 4.78 is 4.97. The number of halogens is 1. The number of aryl methyl sites for hydroxylation is 1. The lowest BCUT2D eigenvalue weighted by molar-refractivity contribution is 0.0527. The van der Waals surface area contributed by atoms with E-state index in [0.717, 1.165) is 5.56 Å². The molecule has 0 aliphatic heterocycles. The van der Waals surface area contributed by atoms with Gasteiger partial charge in [-0.2, -0.15) is 0 Å². The van der Waals surface area contributed by atoms with Crippen LogP contribution in [0, 0.1) is 6.92 Å². The molecule has 0 unspecified atom stereocenters. The van der Waals surface area contributed by atoms with E-state index in [9.17, 15) is 4.79 Å². The van der Waals surface area contributed by atoms with Crippen molar-refractivity contribution in [1.29, 1.82) is 0 Å². The van der Waals surface area contributed by atoms with E-state index in [0.29, 0.717) is 21.6 Å². The normalized spacial score (nSPS) is 10.5. The van der Waals surface area contributed by atoms with Gasteiger partial charge in [-0.1, -0.05) is 23.7 Å². The Morgan fingerprint density at radius 2 is 2.26 bits per heavy atom. The number of fused-ring (bicyclic) bond motifs is 1. The van der Waals surface area contributed by atoms with Gasteiger partial charge in [0.05, 0.1) is 22.8 Å². The van der Waals surface area contributed by atoms with Gasteiger partial charge < -0.3 is 10.2 Å². The molecule has 1 heterocycles. The second-order valence-electron chi connectivity index (χ2n) is 4.00. The monoisotopic (exact) mass is 279 g/mol. The summed E-state index contributed by atoms with van der Waals surface area (Å²) in [4.78, 5) is 16.1.